The highest BCUT2D eigenvalue weighted by atomic mass is 35.5. The number of carbonyl (C=O) groups is 2. The van der Waals surface area contributed by atoms with Gasteiger partial charge >= 0.3 is 0 Å². The van der Waals surface area contributed by atoms with Crippen molar-refractivity contribution in [3.05, 3.63) is 63.2 Å². The quantitative estimate of drug-likeness (QED) is 0.517. The molecule has 30 heavy (non-hydrogen) atoms. The van der Waals surface area contributed by atoms with Crippen LogP contribution >= 0.6 is 34.8 Å². The first-order valence-electron chi connectivity index (χ1n) is 9.31. The van der Waals surface area contributed by atoms with Crippen molar-refractivity contribution in [1.82, 2.24) is 9.78 Å². The molecule has 4 rings (SSSR count). The van der Waals surface area contributed by atoms with Gasteiger partial charge in [-0.2, -0.15) is 5.10 Å². The lowest BCUT2D eigenvalue weighted by atomic mass is 10.0. The number of carbonyl (C=O) groups excluding carboxylic acids is 2. The molecular formula is C21H17Cl3N4O2. The minimum Gasteiger partial charge on any atom is -0.325 e. The summed E-state index contributed by atoms with van der Waals surface area (Å²) in [5.41, 5.74) is 2.88. The second kappa shape index (κ2) is 8.30. The van der Waals surface area contributed by atoms with Crippen LogP contribution in [0.25, 0.3) is 11.1 Å². The molecule has 0 bridgehead atoms. The van der Waals surface area contributed by atoms with Crippen molar-refractivity contribution in [1.29, 1.82) is 0 Å². The van der Waals surface area contributed by atoms with Gasteiger partial charge in [-0.05, 0) is 36.2 Å². The number of aromatic nitrogens is 2. The van der Waals surface area contributed by atoms with Crippen LogP contribution < -0.4 is 10.6 Å². The van der Waals surface area contributed by atoms with Gasteiger partial charge in [0.2, 0.25) is 5.91 Å². The van der Waals surface area contributed by atoms with Gasteiger partial charge in [-0.3, -0.25) is 9.59 Å². The van der Waals surface area contributed by atoms with Crippen molar-refractivity contribution in [3.8, 4) is 11.1 Å². The van der Waals surface area contributed by atoms with Crippen molar-refractivity contribution in [2.45, 2.75) is 25.8 Å². The number of amides is 2. The van der Waals surface area contributed by atoms with Crippen LogP contribution in [0.15, 0.2) is 42.5 Å². The molecule has 1 aromatic heterocycles. The summed E-state index contributed by atoms with van der Waals surface area (Å²) in [7, 11) is 0. The summed E-state index contributed by atoms with van der Waals surface area (Å²) in [5, 5.41) is 11.4. The summed E-state index contributed by atoms with van der Waals surface area (Å²) in [6.07, 6.45) is 0.566. The largest absolute Gasteiger partial charge is 0.325 e. The monoisotopic (exact) mass is 462 g/mol. The molecule has 1 atom stereocenters. The molecular weight excluding hydrogens is 447 g/mol. The highest BCUT2D eigenvalue weighted by molar-refractivity contribution is 6.44. The Bertz CT molecular complexity index is 1160. The van der Waals surface area contributed by atoms with E-state index in [1.807, 2.05) is 25.1 Å². The van der Waals surface area contributed by atoms with Gasteiger partial charge in [-0.15, -0.1) is 0 Å². The number of aryl methyl sites for hydroxylation is 1. The third-order valence-corrected chi connectivity index (χ3v) is 5.93. The van der Waals surface area contributed by atoms with Crippen molar-refractivity contribution < 1.29 is 9.59 Å². The van der Waals surface area contributed by atoms with Crippen molar-refractivity contribution in [2.75, 3.05) is 10.6 Å². The number of anilines is 2. The second-order valence-corrected chi connectivity index (χ2v) is 8.06. The maximum absolute atomic E-state index is 12.6. The van der Waals surface area contributed by atoms with E-state index in [1.54, 1.807) is 28.9 Å². The number of nitrogens with one attached hydrogen (secondary N) is 2. The van der Waals surface area contributed by atoms with E-state index in [1.165, 1.54) is 0 Å². The standard InChI is InChI=1S/C21H17Cl3N4O2/c1-2-14-18(11-5-3-6-12(22)9-11)20-26-21(30)16(28(20)27-14)10-17(29)25-15-8-4-7-13(23)19(15)24/h3-9,16H,2,10H2,1H3,(H,25,29)(H,26,30). The summed E-state index contributed by atoms with van der Waals surface area (Å²) in [6, 6.07) is 11.6. The lowest BCUT2D eigenvalue weighted by molar-refractivity contribution is -0.123. The minimum atomic E-state index is -0.767. The van der Waals surface area contributed by atoms with Crippen LogP contribution in [-0.4, -0.2) is 21.6 Å². The van der Waals surface area contributed by atoms with E-state index >= 15 is 0 Å². The van der Waals surface area contributed by atoms with Crippen molar-refractivity contribution in [2.24, 2.45) is 0 Å². The lowest BCUT2D eigenvalue weighted by Gasteiger charge is -2.11. The Morgan fingerprint density at radius 3 is 2.70 bits per heavy atom. The van der Waals surface area contributed by atoms with Gasteiger partial charge in [-0.1, -0.05) is 59.9 Å². The van der Waals surface area contributed by atoms with Gasteiger partial charge in [-0.25, -0.2) is 4.68 Å². The normalized spacial score (nSPS) is 15.1. The Kier molecular flexibility index (Phi) is 5.73. The van der Waals surface area contributed by atoms with Gasteiger partial charge in [0.25, 0.3) is 5.91 Å². The molecule has 2 N–H and O–H groups in total. The van der Waals surface area contributed by atoms with E-state index < -0.39 is 6.04 Å². The average Bonchev–Trinajstić information content (AvgIpc) is 3.21. The number of benzene rings is 2. The molecule has 1 unspecified atom stereocenters. The molecule has 0 fully saturated rings. The molecule has 6 nitrogen and oxygen atoms in total. The molecule has 1 aliphatic rings. The van der Waals surface area contributed by atoms with Gasteiger partial charge < -0.3 is 10.6 Å². The molecule has 0 radical (unpaired) electrons. The molecule has 0 saturated carbocycles. The first kappa shape index (κ1) is 20.7. The van der Waals surface area contributed by atoms with Crippen LogP contribution in [-0.2, 0) is 16.0 Å². The van der Waals surface area contributed by atoms with Gasteiger partial charge in [0.05, 0.1) is 27.8 Å². The molecule has 1 aliphatic heterocycles. The number of nitrogens with zero attached hydrogens (tertiary/aromatic N) is 2. The van der Waals surface area contributed by atoms with Crippen LogP contribution in [0.1, 0.15) is 25.1 Å². The smallest absolute Gasteiger partial charge is 0.251 e. The molecule has 9 heteroatoms. The van der Waals surface area contributed by atoms with Crippen molar-refractivity contribution >= 4 is 58.1 Å². The number of rotatable bonds is 5. The van der Waals surface area contributed by atoms with Crippen LogP contribution in [0.3, 0.4) is 0 Å². The Labute approximate surface area is 188 Å². The molecule has 2 heterocycles. The zero-order chi connectivity index (χ0) is 21.4. The van der Waals surface area contributed by atoms with Crippen molar-refractivity contribution in [3.63, 3.8) is 0 Å². The summed E-state index contributed by atoms with van der Waals surface area (Å²) in [5.74, 6) is -0.0986. The minimum absolute atomic E-state index is 0.0957. The molecule has 154 valence electrons. The highest BCUT2D eigenvalue weighted by Crippen LogP contribution is 2.39. The maximum atomic E-state index is 12.6. The summed E-state index contributed by atoms with van der Waals surface area (Å²) in [4.78, 5) is 25.2. The first-order valence-corrected chi connectivity index (χ1v) is 10.4. The third-order valence-electron chi connectivity index (χ3n) is 4.88. The molecule has 2 aromatic carbocycles. The maximum Gasteiger partial charge on any atom is 0.251 e. The fourth-order valence-electron chi connectivity index (χ4n) is 3.49. The predicted octanol–water partition coefficient (Wildman–Crippen LogP) is 5.59. The number of fused-ring (bicyclic) bond motifs is 1. The van der Waals surface area contributed by atoms with E-state index in [0.29, 0.717) is 28.0 Å². The fourth-order valence-corrected chi connectivity index (χ4v) is 4.03. The number of hydrogen-bond donors (Lipinski definition) is 2. The van der Waals surface area contributed by atoms with Gasteiger partial charge in [0, 0.05) is 10.6 Å². The molecule has 0 spiro atoms. The number of halogens is 3. The zero-order valence-corrected chi connectivity index (χ0v) is 18.1. The van der Waals surface area contributed by atoms with Crippen LogP contribution in [0.4, 0.5) is 11.5 Å². The van der Waals surface area contributed by atoms with Gasteiger partial charge in [0.15, 0.2) is 0 Å². The van der Waals surface area contributed by atoms with Crippen LogP contribution in [0.2, 0.25) is 15.1 Å². The van der Waals surface area contributed by atoms with E-state index in [2.05, 4.69) is 15.7 Å². The second-order valence-electron chi connectivity index (χ2n) is 6.84. The summed E-state index contributed by atoms with van der Waals surface area (Å²) in [6.45, 7) is 1.98. The Morgan fingerprint density at radius 2 is 1.97 bits per heavy atom. The average molecular weight is 464 g/mol. The molecule has 2 amide bonds. The van der Waals surface area contributed by atoms with Gasteiger partial charge in [0.1, 0.15) is 11.9 Å². The molecule has 3 aromatic rings. The van der Waals surface area contributed by atoms with E-state index in [9.17, 15) is 9.59 Å². The Morgan fingerprint density at radius 1 is 1.20 bits per heavy atom. The van der Waals surface area contributed by atoms with Crippen LogP contribution in [0, 0.1) is 0 Å². The summed E-state index contributed by atoms with van der Waals surface area (Å²) >= 11 is 18.3. The third kappa shape index (κ3) is 3.78. The van der Waals surface area contributed by atoms with E-state index in [0.717, 1.165) is 16.8 Å². The molecule has 0 saturated heterocycles. The SMILES string of the molecule is CCc1nn2c(c1-c1cccc(Cl)c1)NC(=O)C2CC(=O)Nc1cccc(Cl)c1Cl. The first-order chi connectivity index (χ1) is 14.4. The topological polar surface area (TPSA) is 76.0 Å². The zero-order valence-electron chi connectivity index (χ0n) is 15.9. The summed E-state index contributed by atoms with van der Waals surface area (Å²) < 4.78 is 1.58. The van der Waals surface area contributed by atoms with Crippen LogP contribution in [0.5, 0.6) is 0 Å². The molecule has 0 aliphatic carbocycles. The fraction of sp³-hybridized carbons (Fsp3) is 0.190. The highest BCUT2D eigenvalue weighted by Gasteiger charge is 2.36. The predicted molar refractivity (Wildman–Crippen MR) is 119 cm³/mol. The Hall–Kier alpha value is -2.54. The van der Waals surface area contributed by atoms with E-state index in [4.69, 9.17) is 34.8 Å². The van der Waals surface area contributed by atoms with E-state index in [-0.39, 0.29) is 23.3 Å². The lowest BCUT2D eigenvalue weighted by Crippen LogP contribution is -2.24. The number of hydrogen-bond acceptors (Lipinski definition) is 3. The Balaban J connectivity index is 1.63.